The minimum absolute atomic E-state index is 0.00200. The SMILES string of the molecule is O=C1NC(=O)C(=CC=Cc2ccc(-c3ccccc3)cc2)O1. The Morgan fingerprint density at radius 2 is 1.55 bits per heavy atom. The zero-order valence-electron chi connectivity index (χ0n) is 11.7. The summed E-state index contributed by atoms with van der Waals surface area (Å²) in [5.41, 5.74) is 3.29. The van der Waals surface area contributed by atoms with Crippen molar-refractivity contribution in [3.63, 3.8) is 0 Å². The second-order valence-electron chi connectivity index (χ2n) is 4.72. The van der Waals surface area contributed by atoms with Crippen molar-refractivity contribution in [1.29, 1.82) is 0 Å². The fourth-order valence-corrected chi connectivity index (χ4v) is 2.10. The molecule has 1 aliphatic heterocycles. The van der Waals surface area contributed by atoms with Gasteiger partial charge in [-0.1, -0.05) is 66.7 Å². The van der Waals surface area contributed by atoms with Crippen molar-refractivity contribution in [2.24, 2.45) is 0 Å². The summed E-state index contributed by atoms with van der Waals surface area (Å²) in [5, 5.41) is 2.04. The molecule has 2 aromatic carbocycles. The van der Waals surface area contributed by atoms with Crippen molar-refractivity contribution in [1.82, 2.24) is 5.32 Å². The first-order valence-corrected chi connectivity index (χ1v) is 6.79. The number of amides is 2. The van der Waals surface area contributed by atoms with Crippen LogP contribution in [0.1, 0.15) is 5.56 Å². The maximum absolute atomic E-state index is 11.3. The number of rotatable bonds is 3. The number of imide groups is 1. The van der Waals surface area contributed by atoms with Gasteiger partial charge in [-0.05, 0) is 22.8 Å². The Morgan fingerprint density at radius 1 is 0.864 bits per heavy atom. The average molecular weight is 291 g/mol. The van der Waals surface area contributed by atoms with Crippen molar-refractivity contribution < 1.29 is 14.3 Å². The molecule has 0 bridgehead atoms. The first-order valence-electron chi connectivity index (χ1n) is 6.79. The van der Waals surface area contributed by atoms with Crippen LogP contribution in [0.2, 0.25) is 0 Å². The Morgan fingerprint density at radius 3 is 2.18 bits per heavy atom. The predicted molar refractivity (Wildman–Crippen MR) is 83.6 cm³/mol. The van der Waals surface area contributed by atoms with Crippen LogP contribution < -0.4 is 5.32 Å². The highest BCUT2D eigenvalue weighted by Gasteiger charge is 2.25. The van der Waals surface area contributed by atoms with Gasteiger partial charge in [0.2, 0.25) is 0 Å². The van der Waals surface area contributed by atoms with E-state index in [1.807, 2.05) is 53.9 Å². The number of carbonyl (C=O) groups is 2. The molecule has 0 saturated carbocycles. The molecule has 1 saturated heterocycles. The first kappa shape index (κ1) is 13.8. The number of hydrogen-bond acceptors (Lipinski definition) is 3. The summed E-state index contributed by atoms with van der Waals surface area (Å²) >= 11 is 0. The third-order valence-corrected chi connectivity index (χ3v) is 3.20. The number of alkyl carbamates (subject to hydrolysis) is 1. The topological polar surface area (TPSA) is 55.4 Å². The summed E-state index contributed by atoms with van der Waals surface area (Å²) in [7, 11) is 0. The smallest absolute Gasteiger partial charge is 0.404 e. The second kappa shape index (κ2) is 6.10. The van der Waals surface area contributed by atoms with E-state index >= 15 is 0 Å². The maximum Gasteiger partial charge on any atom is 0.419 e. The van der Waals surface area contributed by atoms with Crippen LogP contribution in [-0.4, -0.2) is 12.0 Å². The standard InChI is InChI=1S/C18H13NO3/c20-17-16(22-18(21)19-17)8-4-5-13-9-11-15(12-10-13)14-6-2-1-3-7-14/h1-12H,(H,19,20,21). The molecule has 0 spiro atoms. The molecule has 0 aliphatic carbocycles. The van der Waals surface area contributed by atoms with E-state index in [2.05, 4.69) is 12.1 Å². The summed E-state index contributed by atoms with van der Waals surface area (Å²) in [6.45, 7) is 0. The molecule has 2 amide bonds. The largest absolute Gasteiger partial charge is 0.419 e. The molecule has 0 unspecified atom stereocenters. The number of nitrogens with one attached hydrogen (secondary N) is 1. The zero-order chi connectivity index (χ0) is 15.4. The molecule has 22 heavy (non-hydrogen) atoms. The van der Waals surface area contributed by atoms with Crippen LogP contribution in [0.5, 0.6) is 0 Å². The van der Waals surface area contributed by atoms with Crippen molar-refractivity contribution in [2.45, 2.75) is 0 Å². The van der Waals surface area contributed by atoms with Crippen LogP contribution in [0.15, 0.2) is 72.5 Å². The molecule has 1 N–H and O–H groups in total. The van der Waals surface area contributed by atoms with E-state index in [1.165, 1.54) is 6.08 Å². The van der Waals surface area contributed by atoms with Gasteiger partial charge in [-0.2, -0.15) is 0 Å². The molecule has 1 fully saturated rings. The average Bonchev–Trinajstić information content (AvgIpc) is 2.87. The van der Waals surface area contributed by atoms with Crippen LogP contribution in [0.4, 0.5) is 4.79 Å². The third-order valence-electron chi connectivity index (χ3n) is 3.20. The minimum Gasteiger partial charge on any atom is -0.404 e. The van der Waals surface area contributed by atoms with Crippen molar-refractivity contribution >= 4 is 18.1 Å². The van der Waals surface area contributed by atoms with E-state index in [0.29, 0.717) is 0 Å². The van der Waals surface area contributed by atoms with Gasteiger partial charge in [-0.3, -0.25) is 10.1 Å². The van der Waals surface area contributed by atoms with Gasteiger partial charge in [0.25, 0.3) is 5.91 Å². The molecule has 1 heterocycles. The van der Waals surface area contributed by atoms with Gasteiger partial charge < -0.3 is 4.74 Å². The lowest BCUT2D eigenvalue weighted by atomic mass is 10.0. The Bertz CT molecular complexity index is 759. The molecule has 3 rings (SSSR count). The predicted octanol–water partition coefficient (Wildman–Crippen LogP) is 3.52. The van der Waals surface area contributed by atoms with Crippen LogP contribution in [0.3, 0.4) is 0 Å². The normalized spacial score (nSPS) is 16.1. The molecule has 1 aliphatic rings. The number of carbonyl (C=O) groups excluding carboxylic acids is 2. The van der Waals surface area contributed by atoms with Gasteiger partial charge in [-0.25, -0.2) is 4.79 Å². The second-order valence-corrected chi connectivity index (χ2v) is 4.72. The van der Waals surface area contributed by atoms with Crippen molar-refractivity contribution in [2.75, 3.05) is 0 Å². The fourth-order valence-electron chi connectivity index (χ4n) is 2.10. The third kappa shape index (κ3) is 3.12. The van der Waals surface area contributed by atoms with E-state index < -0.39 is 12.0 Å². The highest BCUT2D eigenvalue weighted by atomic mass is 16.6. The quantitative estimate of drug-likeness (QED) is 0.880. The van der Waals surface area contributed by atoms with Gasteiger partial charge in [0, 0.05) is 0 Å². The first-order chi connectivity index (χ1) is 10.7. The molecule has 0 atom stereocenters. The summed E-state index contributed by atoms with van der Waals surface area (Å²) in [4.78, 5) is 22.1. The summed E-state index contributed by atoms with van der Waals surface area (Å²) in [6.07, 6.45) is 4.23. The number of benzene rings is 2. The molecule has 108 valence electrons. The number of hydrogen-bond donors (Lipinski definition) is 1. The van der Waals surface area contributed by atoms with E-state index in [-0.39, 0.29) is 5.76 Å². The molecule has 0 radical (unpaired) electrons. The van der Waals surface area contributed by atoms with Gasteiger partial charge in [0.05, 0.1) is 0 Å². The minimum atomic E-state index is -0.739. The fraction of sp³-hybridized carbons (Fsp3) is 0. The van der Waals surface area contributed by atoms with Crippen molar-refractivity contribution in [3.8, 4) is 11.1 Å². The molecular weight excluding hydrogens is 278 g/mol. The maximum atomic E-state index is 11.3. The lowest BCUT2D eigenvalue weighted by Gasteiger charge is -2.01. The zero-order valence-corrected chi connectivity index (χ0v) is 11.7. The van der Waals surface area contributed by atoms with Crippen LogP contribution in [-0.2, 0) is 9.53 Å². The van der Waals surface area contributed by atoms with Gasteiger partial charge in [0.1, 0.15) is 0 Å². The Kier molecular flexibility index (Phi) is 3.83. The van der Waals surface area contributed by atoms with E-state index in [0.717, 1.165) is 16.7 Å². The molecule has 4 nitrogen and oxygen atoms in total. The highest BCUT2D eigenvalue weighted by molar-refractivity contribution is 6.07. The summed E-state index contributed by atoms with van der Waals surface area (Å²) < 4.78 is 4.70. The van der Waals surface area contributed by atoms with Gasteiger partial charge in [-0.15, -0.1) is 0 Å². The lowest BCUT2D eigenvalue weighted by Crippen LogP contribution is -2.18. The molecular formula is C18H13NO3. The molecule has 2 aromatic rings. The summed E-state index contributed by atoms with van der Waals surface area (Å²) in [6, 6.07) is 18.1. The molecule has 4 heteroatoms. The van der Waals surface area contributed by atoms with Gasteiger partial charge in [0.15, 0.2) is 5.76 Å². The Labute approximate surface area is 127 Å². The van der Waals surface area contributed by atoms with E-state index in [4.69, 9.17) is 4.74 Å². The van der Waals surface area contributed by atoms with Gasteiger partial charge >= 0.3 is 6.09 Å². The monoisotopic (exact) mass is 291 g/mol. The lowest BCUT2D eigenvalue weighted by molar-refractivity contribution is -0.116. The highest BCUT2D eigenvalue weighted by Crippen LogP contribution is 2.19. The van der Waals surface area contributed by atoms with Crippen LogP contribution in [0.25, 0.3) is 17.2 Å². The number of cyclic esters (lactones) is 1. The van der Waals surface area contributed by atoms with Crippen molar-refractivity contribution in [3.05, 3.63) is 78.1 Å². The summed E-state index contributed by atoms with van der Waals surface area (Å²) in [5.74, 6) is -0.517. The number of ether oxygens (including phenoxy) is 1. The van der Waals surface area contributed by atoms with E-state index in [9.17, 15) is 9.59 Å². The van der Waals surface area contributed by atoms with E-state index in [1.54, 1.807) is 6.08 Å². The molecule has 0 aromatic heterocycles. The number of allylic oxidation sites excluding steroid dienone is 2. The van der Waals surface area contributed by atoms with Crippen LogP contribution >= 0.6 is 0 Å². The Balaban J connectivity index is 1.71. The van der Waals surface area contributed by atoms with Crippen LogP contribution in [0, 0.1) is 0 Å². The Hall–Kier alpha value is -3.14.